The number of aryl methyl sites for hydroxylation is 3. The zero-order valence-electron chi connectivity index (χ0n) is 14.4. The number of nitrogens with zero attached hydrogens (tertiary/aromatic N) is 2. The number of benzene rings is 1. The molecule has 0 saturated carbocycles. The van der Waals surface area contributed by atoms with E-state index in [2.05, 4.69) is 30.3 Å². The van der Waals surface area contributed by atoms with Crippen molar-refractivity contribution in [1.82, 2.24) is 15.1 Å². The van der Waals surface area contributed by atoms with Crippen molar-refractivity contribution in [2.24, 2.45) is 7.05 Å². The maximum absolute atomic E-state index is 9.82. The summed E-state index contributed by atoms with van der Waals surface area (Å²) in [6.45, 7) is 5.20. The van der Waals surface area contributed by atoms with Gasteiger partial charge in [0.2, 0.25) is 0 Å². The Balaban J connectivity index is 1.81. The normalized spacial score (nSPS) is 17.3. The van der Waals surface area contributed by atoms with Crippen LogP contribution in [0.4, 0.5) is 0 Å². The van der Waals surface area contributed by atoms with E-state index in [1.165, 1.54) is 34.5 Å². The Morgan fingerprint density at radius 3 is 2.87 bits per heavy atom. The summed E-state index contributed by atoms with van der Waals surface area (Å²) in [5, 5.41) is 18.2. The first-order valence-corrected chi connectivity index (χ1v) is 8.72. The van der Waals surface area contributed by atoms with Gasteiger partial charge in [-0.1, -0.05) is 19.9 Å². The van der Waals surface area contributed by atoms with Crippen LogP contribution in [-0.4, -0.2) is 14.9 Å². The second-order valence-electron chi connectivity index (χ2n) is 6.41. The van der Waals surface area contributed by atoms with Crippen molar-refractivity contribution in [3.05, 3.63) is 46.3 Å². The van der Waals surface area contributed by atoms with Crippen LogP contribution >= 0.6 is 0 Å². The molecule has 1 aliphatic rings. The third kappa shape index (κ3) is 3.13. The summed E-state index contributed by atoms with van der Waals surface area (Å²) in [4.78, 5) is 0. The van der Waals surface area contributed by atoms with Gasteiger partial charge >= 0.3 is 0 Å². The minimum absolute atomic E-state index is 0.320. The maximum atomic E-state index is 9.82. The average Bonchev–Trinajstić information content (AvgIpc) is 2.87. The highest BCUT2D eigenvalue weighted by Gasteiger charge is 2.22. The van der Waals surface area contributed by atoms with Crippen molar-refractivity contribution < 1.29 is 5.11 Å². The number of phenolic OH excluding ortho intramolecular Hbond substituents is 1. The predicted molar refractivity (Wildman–Crippen MR) is 92.6 cm³/mol. The lowest BCUT2D eigenvalue weighted by atomic mass is 9.87. The van der Waals surface area contributed by atoms with Crippen molar-refractivity contribution in [1.29, 1.82) is 0 Å². The van der Waals surface area contributed by atoms with Crippen LogP contribution < -0.4 is 5.32 Å². The molecule has 1 aromatic carbocycles. The van der Waals surface area contributed by atoms with Crippen molar-refractivity contribution in [3.63, 3.8) is 0 Å². The molecule has 1 aliphatic carbocycles. The summed E-state index contributed by atoms with van der Waals surface area (Å²) < 4.78 is 2.02. The highest BCUT2D eigenvalue weighted by Crippen LogP contribution is 2.32. The molecule has 2 aromatic rings. The Labute approximate surface area is 138 Å². The summed E-state index contributed by atoms with van der Waals surface area (Å²) in [6.07, 6.45) is 5.40. The number of nitrogens with one attached hydrogen (secondary N) is 1. The first-order chi connectivity index (χ1) is 11.1. The van der Waals surface area contributed by atoms with E-state index >= 15 is 0 Å². The molecule has 1 unspecified atom stereocenters. The number of phenols is 1. The summed E-state index contributed by atoms with van der Waals surface area (Å²) in [6, 6.07) is 6.11. The number of aromatic nitrogens is 2. The van der Waals surface area contributed by atoms with Gasteiger partial charge < -0.3 is 10.4 Å². The molecule has 0 aliphatic heterocycles. The van der Waals surface area contributed by atoms with E-state index in [-0.39, 0.29) is 0 Å². The monoisotopic (exact) mass is 313 g/mol. The van der Waals surface area contributed by atoms with Crippen molar-refractivity contribution in [2.45, 2.75) is 58.5 Å². The van der Waals surface area contributed by atoms with Gasteiger partial charge in [0.15, 0.2) is 0 Å². The van der Waals surface area contributed by atoms with Gasteiger partial charge in [-0.25, -0.2) is 0 Å². The minimum atomic E-state index is 0.320. The minimum Gasteiger partial charge on any atom is -0.508 e. The third-order valence-corrected chi connectivity index (χ3v) is 5.00. The number of aromatic hydroxyl groups is 1. The predicted octanol–water partition coefficient (Wildman–Crippen LogP) is 3.42. The lowest BCUT2D eigenvalue weighted by Gasteiger charge is -2.27. The molecule has 0 bridgehead atoms. The summed E-state index contributed by atoms with van der Waals surface area (Å²) in [5.41, 5.74) is 6.50. The van der Waals surface area contributed by atoms with Gasteiger partial charge in [-0.05, 0) is 55.4 Å². The molecule has 4 nitrogen and oxygen atoms in total. The molecule has 3 rings (SSSR count). The average molecular weight is 313 g/mol. The van der Waals surface area contributed by atoms with Crippen LogP contribution in [0, 0.1) is 0 Å². The fraction of sp³-hybridized carbons (Fsp3) is 0.526. The Kier molecular flexibility index (Phi) is 4.71. The van der Waals surface area contributed by atoms with Gasteiger partial charge in [-0.2, -0.15) is 5.10 Å². The number of fused-ring (bicyclic) bond motifs is 1. The molecule has 0 amide bonds. The molecule has 0 saturated heterocycles. The lowest BCUT2D eigenvalue weighted by molar-refractivity contribution is 0.444. The van der Waals surface area contributed by atoms with Crippen LogP contribution in [0.3, 0.4) is 0 Å². The summed E-state index contributed by atoms with van der Waals surface area (Å²) in [5.74, 6) is 0.363. The van der Waals surface area contributed by atoms with Crippen LogP contribution in [0.2, 0.25) is 0 Å². The smallest absolute Gasteiger partial charge is 0.115 e. The third-order valence-electron chi connectivity index (χ3n) is 5.00. The number of rotatable bonds is 5. The standard InChI is InChI=1S/C19H27N3O/c1-4-17-16(19(5-2)22(3)21-17)12-20-18-8-6-7-13-9-10-14(23)11-15(13)18/h9-11,18,20,23H,4-8,12H2,1-3H3. The number of hydrogen-bond acceptors (Lipinski definition) is 3. The Morgan fingerprint density at radius 2 is 2.13 bits per heavy atom. The van der Waals surface area contributed by atoms with Gasteiger partial charge in [0, 0.05) is 30.9 Å². The Bertz CT molecular complexity index is 690. The van der Waals surface area contributed by atoms with Gasteiger partial charge in [0.1, 0.15) is 5.75 Å². The van der Waals surface area contributed by atoms with Crippen LogP contribution in [0.25, 0.3) is 0 Å². The maximum Gasteiger partial charge on any atom is 0.115 e. The quantitative estimate of drug-likeness (QED) is 0.889. The molecule has 4 heteroatoms. The van der Waals surface area contributed by atoms with E-state index < -0.39 is 0 Å². The van der Waals surface area contributed by atoms with Crippen LogP contribution in [0.15, 0.2) is 18.2 Å². The SMILES string of the molecule is CCc1nn(C)c(CC)c1CNC1CCCc2ccc(O)cc21. The molecular formula is C19H27N3O. The highest BCUT2D eigenvalue weighted by atomic mass is 16.3. The summed E-state index contributed by atoms with van der Waals surface area (Å²) in [7, 11) is 2.04. The molecule has 1 atom stereocenters. The molecular weight excluding hydrogens is 286 g/mol. The zero-order valence-corrected chi connectivity index (χ0v) is 14.4. The topological polar surface area (TPSA) is 50.1 Å². The molecule has 0 radical (unpaired) electrons. The van der Waals surface area contributed by atoms with Crippen molar-refractivity contribution in [2.75, 3.05) is 0 Å². The first-order valence-electron chi connectivity index (χ1n) is 8.72. The van der Waals surface area contributed by atoms with Crippen molar-refractivity contribution >= 4 is 0 Å². The molecule has 23 heavy (non-hydrogen) atoms. The molecule has 124 valence electrons. The Morgan fingerprint density at radius 1 is 1.30 bits per heavy atom. The Hall–Kier alpha value is -1.81. The van der Waals surface area contributed by atoms with Crippen LogP contribution in [-0.2, 0) is 32.9 Å². The van der Waals surface area contributed by atoms with E-state index in [1.54, 1.807) is 6.07 Å². The van der Waals surface area contributed by atoms with Gasteiger partial charge in [0.25, 0.3) is 0 Å². The lowest BCUT2D eigenvalue weighted by Crippen LogP contribution is -2.25. The molecule has 1 heterocycles. The summed E-state index contributed by atoms with van der Waals surface area (Å²) >= 11 is 0. The van der Waals surface area contributed by atoms with E-state index in [1.807, 2.05) is 17.8 Å². The fourth-order valence-corrected chi connectivity index (χ4v) is 3.82. The van der Waals surface area contributed by atoms with E-state index in [0.29, 0.717) is 11.8 Å². The molecule has 1 aromatic heterocycles. The van der Waals surface area contributed by atoms with Gasteiger partial charge in [-0.3, -0.25) is 4.68 Å². The van der Waals surface area contributed by atoms with Crippen molar-refractivity contribution in [3.8, 4) is 5.75 Å². The molecule has 0 spiro atoms. The fourth-order valence-electron chi connectivity index (χ4n) is 3.82. The van der Waals surface area contributed by atoms with Gasteiger partial charge in [-0.15, -0.1) is 0 Å². The highest BCUT2D eigenvalue weighted by molar-refractivity contribution is 5.38. The van der Waals surface area contributed by atoms with E-state index in [9.17, 15) is 5.11 Å². The molecule has 0 fully saturated rings. The largest absolute Gasteiger partial charge is 0.508 e. The first kappa shape index (κ1) is 16.1. The van der Waals surface area contributed by atoms with E-state index in [4.69, 9.17) is 0 Å². The second-order valence-corrected chi connectivity index (χ2v) is 6.41. The van der Waals surface area contributed by atoms with Gasteiger partial charge in [0.05, 0.1) is 5.69 Å². The number of hydrogen-bond donors (Lipinski definition) is 2. The zero-order chi connectivity index (χ0) is 16.4. The van der Waals surface area contributed by atoms with E-state index in [0.717, 1.165) is 32.2 Å². The molecule has 2 N–H and O–H groups in total. The van der Waals surface area contributed by atoms with Crippen LogP contribution in [0.1, 0.15) is 60.8 Å². The van der Waals surface area contributed by atoms with Crippen LogP contribution in [0.5, 0.6) is 5.75 Å². The second kappa shape index (κ2) is 6.75.